The van der Waals surface area contributed by atoms with Crippen molar-refractivity contribution in [1.82, 2.24) is 0 Å². The Morgan fingerprint density at radius 2 is 2.08 bits per heavy atom. The van der Waals surface area contributed by atoms with Crippen LogP contribution in [-0.4, -0.2) is 18.6 Å². The second-order valence-corrected chi connectivity index (χ2v) is 7.10. The van der Waals surface area contributed by atoms with E-state index in [9.17, 15) is 4.79 Å². The van der Waals surface area contributed by atoms with Crippen LogP contribution < -0.4 is 5.73 Å². The van der Waals surface area contributed by atoms with E-state index in [4.69, 9.17) is 16.9 Å². The number of terminal acetylenes is 1. The number of unbranched alkanes of at least 4 members (excludes halogenated alkanes) is 1. The van der Waals surface area contributed by atoms with Crippen LogP contribution in [0.3, 0.4) is 0 Å². The molecule has 1 aliphatic carbocycles. The molecule has 0 aromatic heterocycles. The highest BCUT2D eigenvalue weighted by molar-refractivity contribution is 5.83. The zero-order valence-electron chi connectivity index (χ0n) is 15.5. The molecule has 0 aliphatic heterocycles. The van der Waals surface area contributed by atoms with E-state index >= 15 is 0 Å². The Morgan fingerprint density at radius 3 is 2.64 bits per heavy atom. The minimum Gasteiger partial charge on any atom is -0.461 e. The Balaban J connectivity index is 2.20. The monoisotopic (exact) mass is 341 g/mol. The van der Waals surface area contributed by atoms with E-state index in [0.717, 1.165) is 44.1 Å². The fraction of sp³-hybridized carbons (Fsp3) is 0.591. The first-order valence-corrected chi connectivity index (χ1v) is 9.55. The van der Waals surface area contributed by atoms with Gasteiger partial charge in [0.2, 0.25) is 0 Å². The van der Waals surface area contributed by atoms with Gasteiger partial charge in [-0.1, -0.05) is 57.0 Å². The number of carbonyl (C=O) groups excluding carboxylic acids is 1. The average Bonchev–Trinajstić information content (AvgIpc) is 2.64. The van der Waals surface area contributed by atoms with Crippen molar-refractivity contribution < 1.29 is 9.53 Å². The molecule has 3 heteroatoms. The van der Waals surface area contributed by atoms with E-state index < -0.39 is 5.41 Å². The summed E-state index contributed by atoms with van der Waals surface area (Å²) >= 11 is 0. The molecule has 3 nitrogen and oxygen atoms in total. The largest absolute Gasteiger partial charge is 0.461 e. The van der Waals surface area contributed by atoms with Crippen LogP contribution in [0.1, 0.15) is 57.9 Å². The molecule has 1 fully saturated rings. The van der Waals surface area contributed by atoms with Crippen molar-refractivity contribution in [1.29, 1.82) is 0 Å². The summed E-state index contributed by atoms with van der Waals surface area (Å²) < 4.78 is 6.00. The van der Waals surface area contributed by atoms with Crippen molar-refractivity contribution in [3.63, 3.8) is 0 Å². The number of carbonyl (C=O) groups is 1. The van der Waals surface area contributed by atoms with Crippen LogP contribution >= 0.6 is 0 Å². The van der Waals surface area contributed by atoms with Crippen LogP contribution in [0.2, 0.25) is 0 Å². The summed E-state index contributed by atoms with van der Waals surface area (Å²) in [7, 11) is 0. The molecule has 0 amide bonds. The molecule has 136 valence electrons. The molecule has 0 bridgehead atoms. The molecular formula is C22H31NO2. The van der Waals surface area contributed by atoms with Crippen LogP contribution in [0.4, 0.5) is 0 Å². The molecular weight excluding hydrogens is 310 g/mol. The minimum absolute atomic E-state index is 0.0895. The highest BCUT2D eigenvalue weighted by Gasteiger charge is 2.46. The van der Waals surface area contributed by atoms with Gasteiger partial charge in [-0.15, -0.1) is 12.3 Å². The number of hydrogen-bond donors (Lipinski definition) is 1. The molecule has 1 aliphatic rings. The number of nitrogens with two attached hydrogens (primary N) is 1. The second-order valence-electron chi connectivity index (χ2n) is 7.10. The molecule has 4 atom stereocenters. The predicted molar refractivity (Wildman–Crippen MR) is 102 cm³/mol. The highest BCUT2D eigenvalue weighted by atomic mass is 16.5. The summed E-state index contributed by atoms with van der Waals surface area (Å²) in [5.41, 5.74) is 6.20. The molecule has 0 heterocycles. The quantitative estimate of drug-likeness (QED) is 0.544. The average molecular weight is 341 g/mol. The third kappa shape index (κ3) is 4.07. The van der Waals surface area contributed by atoms with Crippen LogP contribution in [0, 0.1) is 24.2 Å². The van der Waals surface area contributed by atoms with Crippen molar-refractivity contribution in [2.45, 2.75) is 63.9 Å². The van der Waals surface area contributed by atoms with Crippen molar-refractivity contribution in [3.05, 3.63) is 35.9 Å². The fourth-order valence-corrected chi connectivity index (χ4v) is 3.95. The summed E-state index contributed by atoms with van der Waals surface area (Å²) in [4.78, 5) is 13.2. The molecule has 0 saturated heterocycles. The summed E-state index contributed by atoms with van der Waals surface area (Å²) in [6.07, 6.45) is 10.7. The van der Waals surface area contributed by atoms with Gasteiger partial charge in [0.25, 0.3) is 0 Å². The molecule has 4 unspecified atom stereocenters. The number of rotatable bonds is 9. The van der Waals surface area contributed by atoms with E-state index in [0.29, 0.717) is 6.54 Å². The van der Waals surface area contributed by atoms with Crippen LogP contribution in [0.5, 0.6) is 0 Å². The van der Waals surface area contributed by atoms with E-state index in [1.807, 2.05) is 30.3 Å². The summed E-state index contributed by atoms with van der Waals surface area (Å²) in [6, 6.07) is 10.1. The first kappa shape index (κ1) is 19.5. The molecule has 1 aromatic carbocycles. The van der Waals surface area contributed by atoms with E-state index in [2.05, 4.69) is 19.8 Å². The van der Waals surface area contributed by atoms with Crippen molar-refractivity contribution in [3.8, 4) is 12.3 Å². The fourth-order valence-electron chi connectivity index (χ4n) is 3.95. The van der Waals surface area contributed by atoms with Gasteiger partial charge in [-0.3, -0.25) is 4.79 Å². The number of esters is 1. The lowest BCUT2D eigenvalue weighted by Crippen LogP contribution is -2.48. The lowest BCUT2D eigenvalue weighted by atomic mass is 9.69. The van der Waals surface area contributed by atoms with Crippen molar-refractivity contribution in [2.24, 2.45) is 17.6 Å². The first-order chi connectivity index (χ1) is 12.1. The summed E-state index contributed by atoms with van der Waals surface area (Å²) in [6.45, 7) is 4.80. The van der Waals surface area contributed by atoms with Gasteiger partial charge in [0.1, 0.15) is 6.10 Å². The summed E-state index contributed by atoms with van der Waals surface area (Å²) in [5, 5.41) is 0. The van der Waals surface area contributed by atoms with E-state index in [-0.39, 0.29) is 23.9 Å². The minimum atomic E-state index is -0.564. The zero-order valence-corrected chi connectivity index (χ0v) is 15.5. The third-order valence-electron chi connectivity index (χ3n) is 5.73. The van der Waals surface area contributed by atoms with Crippen LogP contribution in [-0.2, 0) is 14.9 Å². The van der Waals surface area contributed by atoms with Gasteiger partial charge >= 0.3 is 5.97 Å². The van der Waals surface area contributed by atoms with E-state index in [1.165, 1.54) is 0 Å². The predicted octanol–water partition coefficient (Wildman–Crippen LogP) is 4.05. The third-order valence-corrected chi connectivity index (χ3v) is 5.73. The van der Waals surface area contributed by atoms with Gasteiger partial charge in [0.15, 0.2) is 0 Å². The SMILES string of the molecule is C#CC1CC(OC(=O)C(CC)(CCCC)c2ccccc2)C1CCN. The topological polar surface area (TPSA) is 52.3 Å². The maximum absolute atomic E-state index is 13.2. The molecule has 2 rings (SSSR count). The zero-order chi connectivity index (χ0) is 18.3. The normalized spacial score (nSPS) is 24.6. The first-order valence-electron chi connectivity index (χ1n) is 9.55. The van der Waals surface area contributed by atoms with Gasteiger partial charge < -0.3 is 10.5 Å². The van der Waals surface area contributed by atoms with Gasteiger partial charge in [-0.2, -0.15) is 0 Å². The summed E-state index contributed by atoms with van der Waals surface area (Å²) in [5.74, 6) is 3.10. The maximum Gasteiger partial charge on any atom is 0.316 e. The highest BCUT2D eigenvalue weighted by Crippen LogP contribution is 2.42. The Hall–Kier alpha value is -1.79. The Labute approximate surface area is 152 Å². The van der Waals surface area contributed by atoms with E-state index in [1.54, 1.807) is 0 Å². The molecule has 25 heavy (non-hydrogen) atoms. The Bertz CT molecular complexity index is 592. The maximum atomic E-state index is 13.2. The number of hydrogen-bond acceptors (Lipinski definition) is 3. The lowest BCUT2D eigenvalue weighted by molar-refractivity contribution is -0.169. The lowest BCUT2D eigenvalue weighted by Gasteiger charge is -2.43. The van der Waals surface area contributed by atoms with Crippen LogP contribution in [0.15, 0.2) is 30.3 Å². The smallest absolute Gasteiger partial charge is 0.316 e. The molecule has 1 saturated carbocycles. The van der Waals surface area contributed by atoms with Crippen molar-refractivity contribution in [2.75, 3.05) is 6.54 Å². The molecule has 1 aromatic rings. The Morgan fingerprint density at radius 1 is 1.36 bits per heavy atom. The molecule has 0 radical (unpaired) electrons. The molecule has 2 N–H and O–H groups in total. The standard InChI is InChI=1S/C22H31NO2/c1-4-7-14-22(6-3,18-11-9-8-10-12-18)21(24)25-20-16-17(5-2)19(20)13-15-23/h2,8-12,17,19-20H,4,6-7,13-16,23H2,1,3H3. The number of ether oxygens (including phenoxy) is 1. The Kier molecular flexibility index (Phi) is 7.08. The second kappa shape index (κ2) is 9.06. The van der Waals surface area contributed by atoms with Gasteiger partial charge in [-0.25, -0.2) is 0 Å². The van der Waals surface area contributed by atoms with Gasteiger partial charge in [0.05, 0.1) is 5.41 Å². The van der Waals surface area contributed by atoms with Crippen molar-refractivity contribution >= 4 is 5.97 Å². The molecule has 0 spiro atoms. The van der Waals surface area contributed by atoms with Gasteiger partial charge in [0, 0.05) is 11.8 Å². The number of benzene rings is 1. The van der Waals surface area contributed by atoms with Crippen LogP contribution in [0.25, 0.3) is 0 Å². The van der Waals surface area contributed by atoms with Gasteiger partial charge in [-0.05, 0) is 37.8 Å².